The summed E-state index contributed by atoms with van der Waals surface area (Å²) in [7, 11) is -3.85. The zero-order chi connectivity index (χ0) is 26.3. The quantitative estimate of drug-likeness (QED) is 0.539. The van der Waals surface area contributed by atoms with E-state index in [-0.39, 0.29) is 30.6 Å². The van der Waals surface area contributed by atoms with Crippen molar-refractivity contribution in [1.82, 2.24) is 9.62 Å². The smallest absolute Gasteiger partial charge is 0.303 e. The molecule has 0 radical (unpaired) electrons. The van der Waals surface area contributed by atoms with Gasteiger partial charge in [0.1, 0.15) is 11.5 Å². The van der Waals surface area contributed by atoms with Crippen LogP contribution in [0.15, 0.2) is 48.5 Å². The number of alkyl halides is 1. The summed E-state index contributed by atoms with van der Waals surface area (Å²) in [5.41, 5.74) is -0.636. The third kappa shape index (κ3) is 5.01. The minimum absolute atomic E-state index is 0.0501. The fourth-order valence-corrected chi connectivity index (χ4v) is 6.21. The summed E-state index contributed by atoms with van der Waals surface area (Å²) < 4.78 is 64.1. The van der Waals surface area contributed by atoms with Crippen molar-refractivity contribution in [2.24, 2.45) is 0 Å². The van der Waals surface area contributed by atoms with Gasteiger partial charge in [-0.25, -0.2) is 21.9 Å². The molecule has 10 heteroatoms. The van der Waals surface area contributed by atoms with Crippen LogP contribution in [0.4, 0.5) is 8.78 Å². The molecule has 2 heterocycles. The zero-order valence-corrected chi connectivity index (χ0v) is 21.2. The van der Waals surface area contributed by atoms with Crippen molar-refractivity contribution in [3.8, 4) is 11.1 Å². The number of nitrogens with one attached hydrogen (secondary N) is 1. The van der Waals surface area contributed by atoms with Gasteiger partial charge in [0, 0.05) is 31.4 Å². The Hall–Kier alpha value is -2.85. The molecule has 0 spiro atoms. The van der Waals surface area contributed by atoms with Gasteiger partial charge in [0.05, 0.1) is 17.8 Å². The second-order valence-electron chi connectivity index (χ2n) is 9.51. The number of carbonyl (C=O) groups excluding carboxylic acids is 2. The van der Waals surface area contributed by atoms with E-state index in [2.05, 4.69) is 4.72 Å². The number of carbonyl (C=O) groups is 2. The fraction of sp³-hybridized carbons (Fsp3) is 0.462. The van der Waals surface area contributed by atoms with E-state index in [4.69, 9.17) is 4.74 Å². The first-order valence-corrected chi connectivity index (χ1v) is 13.6. The zero-order valence-electron chi connectivity index (χ0n) is 20.4. The second-order valence-corrected chi connectivity index (χ2v) is 11.6. The Morgan fingerprint density at radius 3 is 2.44 bits per heavy atom. The Labute approximate surface area is 209 Å². The number of esters is 1. The predicted octanol–water partition coefficient (Wildman–Crippen LogP) is 3.38. The SMILES string of the molecule is CCS(=O)(=O)N[C@@H]1[C@H](Cc2cccc(-c3ccccc3)c2F)N(C(=O)[C@@H](C)OC(C)=O)C2CC1(F)C2. The number of amides is 1. The fourth-order valence-electron chi connectivity index (χ4n) is 5.28. The van der Waals surface area contributed by atoms with Gasteiger partial charge in [0.15, 0.2) is 6.10 Å². The van der Waals surface area contributed by atoms with Crippen LogP contribution in [0.25, 0.3) is 11.1 Å². The van der Waals surface area contributed by atoms with Crippen LogP contribution in [-0.4, -0.2) is 60.8 Å². The Kier molecular flexibility index (Phi) is 7.21. The van der Waals surface area contributed by atoms with Crippen LogP contribution in [-0.2, 0) is 30.8 Å². The van der Waals surface area contributed by atoms with E-state index in [0.717, 1.165) is 0 Å². The minimum atomic E-state index is -3.85. The molecule has 1 N–H and O–H groups in total. The number of sulfonamides is 1. The Balaban J connectivity index is 1.75. The highest BCUT2D eigenvalue weighted by molar-refractivity contribution is 7.89. The summed E-state index contributed by atoms with van der Waals surface area (Å²) in [4.78, 5) is 26.2. The average Bonchev–Trinajstić information content (AvgIpc) is 2.81. The van der Waals surface area contributed by atoms with E-state index in [1.54, 1.807) is 42.5 Å². The van der Waals surface area contributed by atoms with Crippen LogP contribution in [0.5, 0.6) is 0 Å². The van der Waals surface area contributed by atoms with Crippen molar-refractivity contribution in [3.63, 3.8) is 0 Å². The molecule has 0 unspecified atom stereocenters. The molecular weight excluding hydrogens is 490 g/mol. The Bertz CT molecular complexity index is 1250. The summed E-state index contributed by atoms with van der Waals surface area (Å²) >= 11 is 0. The largest absolute Gasteiger partial charge is 0.453 e. The molecule has 0 aromatic heterocycles. The number of benzene rings is 2. The van der Waals surface area contributed by atoms with Crippen LogP contribution < -0.4 is 4.72 Å². The normalized spacial score (nSPS) is 26.1. The number of piperidine rings is 2. The number of hydrogen-bond donors (Lipinski definition) is 1. The first kappa shape index (κ1) is 26.2. The highest BCUT2D eigenvalue weighted by atomic mass is 32.2. The van der Waals surface area contributed by atoms with Gasteiger partial charge >= 0.3 is 5.97 Å². The predicted molar refractivity (Wildman–Crippen MR) is 131 cm³/mol. The molecule has 7 nitrogen and oxygen atoms in total. The highest BCUT2D eigenvalue weighted by Crippen LogP contribution is 2.50. The Morgan fingerprint density at radius 2 is 1.83 bits per heavy atom. The van der Waals surface area contributed by atoms with Crippen molar-refractivity contribution in [2.45, 2.75) is 69.9 Å². The third-order valence-corrected chi connectivity index (χ3v) is 8.44. The highest BCUT2D eigenvalue weighted by Gasteiger charge is 2.63. The van der Waals surface area contributed by atoms with Gasteiger partial charge in [-0.05, 0) is 31.4 Å². The van der Waals surface area contributed by atoms with Crippen LogP contribution >= 0.6 is 0 Å². The summed E-state index contributed by atoms with van der Waals surface area (Å²) in [5.74, 6) is -2.01. The van der Waals surface area contributed by atoms with Gasteiger partial charge in [0.2, 0.25) is 10.0 Å². The number of fused-ring (bicyclic) bond motifs is 2. The summed E-state index contributed by atoms with van der Waals surface area (Å²) in [5, 5.41) is 0. The van der Waals surface area contributed by atoms with Crippen molar-refractivity contribution >= 4 is 21.9 Å². The van der Waals surface area contributed by atoms with Crippen LogP contribution in [0.3, 0.4) is 0 Å². The van der Waals surface area contributed by atoms with Gasteiger partial charge in [-0.1, -0.05) is 48.5 Å². The van der Waals surface area contributed by atoms with Gasteiger partial charge < -0.3 is 9.64 Å². The van der Waals surface area contributed by atoms with Crippen molar-refractivity contribution in [1.29, 1.82) is 0 Å². The lowest BCUT2D eigenvalue weighted by molar-refractivity contribution is -0.179. The molecule has 1 amide bonds. The van der Waals surface area contributed by atoms with Gasteiger partial charge in [-0.15, -0.1) is 0 Å². The number of halogens is 2. The molecule has 5 rings (SSSR count). The molecule has 2 aromatic rings. The number of ether oxygens (including phenoxy) is 1. The molecule has 2 aliphatic heterocycles. The number of hydrogen-bond acceptors (Lipinski definition) is 5. The van der Waals surface area contributed by atoms with E-state index < -0.39 is 57.6 Å². The van der Waals surface area contributed by atoms with Gasteiger partial charge in [-0.3, -0.25) is 9.59 Å². The maximum Gasteiger partial charge on any atom is 0.303 e. The Morgan fingerprint density at radius 1 is 1.17 bits per heavy atom. The standard InChI is InChI=1S/C26H30F2N2O5S/c1-4-36(33,34)29-24-22(13-19-11-8-12-21(23(19)27)18-9-6-5-7-10-18)30(20-14-26(24,28)15-20)25(32)16(2)35-17(3)31/h5-12,16,20,22,24,29H,4,13-15H2,1-3H3/t16-,20?,22+,24-,26?/m1/s1. The van der Waals surface area contributed by atoms with Crippen LogP contribution in [0.2, 0.25) is 0 Å². The first-order valence-electron chi connectivity index (χ1n) is 12.0. The summed E-state index contributed by atoms with van der Waals surface area (Å²) in [6.45, 7) is 4.03. The lowest BCUT2D eigenvalue weighted by Crippen LogP contribution is -2.77. The molecule has 36 heavy (non-hydrogen) atoms. The molecule has 3 aliphatic rings. The summed E-state index contributed by atoms with van der Waals surface area (Å²) in [6.07, 6.45) is -1.37. The van der Waals surface area contributed by atoms with E-state index >= 15 is 8.78 Å². The first-order chi connectivity index (χ1) is 17.0. The van der Waals surface area contributed by atoms with E-state index in [1.165, 1.54) is 25.7 Å². The number of nitrogens with zero attached hydrogens (tertiary/aromatic N) is 1. The maximum absolute atomic E-state index is 15.9. The molecule has 3 atom stereocenters. The van der Waals surface area contributed by atoms with Crippen molar-refractivity contribution < 1.29 is 31.5 Å². The second kappa shape index (κ2) is 9.89. The molecule has 2 aromatic carbocycles. The van der Waals surface area contributed by atoms with Gasteiger partial charge in [-0.2, -0.15) is 0 Å². The number of rotatable bonds is 8. The van der Waals surface area contributed by atoms with Crippen LogP contribution in [0, 0.1) is 5.82 Å². The molecule has 1 saturated carbocycles. The molecule has 194 valence electrons. The van der Waals surface area contributed by atoms with E-state index in [0.29, 0.717) is 11.1 Å². The van der Waals surface area contributed by atoms with Crippen molar-refractivity contribution in [3.05, 3.63) is 59.9 Å². The molecule has 2 bridgehead atoms. The third-order valence-electron chi connectivity index (χ3n) is 7.07. The summed E-state index contributed by atoms with van der Waals surface area (Å²) in [6, 6.07) is 11.0. The minimum Gasteiger partial charge on any atom is -0.453 e. The molecule has 3 fully saturated rings. The van der Waals surface area contributed by atoms with Gasteiger partial charge in [0.25, 0.3) is 5.91 Å². The van der Waals surface area contributed by atoms with E-state index in [9.17, 15) is 18.0 Å². The lowest BCUT2D eigenvalue weighted by Gasteiger charge is -2.61. The maximum atomic E-state index is 15.9. The van der Waals surface area contributed by atoms with Crippen LogP contribution in [0.1, 0.15) is 39.2 Å². The lowest BCUT2D eigenvalue weighted by atomic mass is 9.64. The van der Waals surface area contributed by atoms with E-state index in [1.807, 2.05) is 6.07 Å². The topological polar surface area (TPSA) is 92.8 Å². The molecule has 2 saturated heterocycles. The molecular formula is C26H30F2N2O5S. The van der Waals surface area contributed by atoms with Crippen molar-refractivity contribution in [2.75, 3.05) is 5.75 Å². The monoisotopic (exact) mass is 520 g/mol. The molecule has 1 aliphatic carbocycles. The average molecular weight is 521 g/mol.